The van der Waals surface area contributed by atoms with Crippen LogP contribution in [0.1, 0.15) is 35.9 Å². The number of nitrogens with one attached hydrogen (secondary N) is 2. The van der Waals surface area contributed by atoms with Crippen LogP contribution in [-0.2, 0) is 33.8 Å². The number of ether oxygens (including phenoxy) is 1. The normalized spacial score (nSPS) is 22.4. The van der Waals surface area contributed by atoms with E-state index in [9.17, 15) is 21.6 Å². The van der Waals surface area contributed by atoms with Crippen molar-refractivity contribution in [2.24, 2.45) is 0 Å². The molecular weight excluding hydrogens is 553 g/mol. The lowest BCUT2D eigenvalue weighted by atomic mass is 10.2. The summed E-state index contributed by atoms with van der Waals surface area (Å²) in [5, 5.41) is 6.64. The Balaban J connectivity index is 1.33. The van der Waals surface area contributed by atoms with Gasteiger partial charge in [0.1, 0.15) is 11.4 Å². The van der Waals surface area contributed by atoms with Gasteiger partial charge in [0.15, 0.2) is 9.84 Å². The Morgan fingerprint density at radius 3 is 2.69 bits per heavy atom. The molecule has 0 aromatic carbocycles. The number of hydrogen-bond acceptors (Lipinski definition) is 10. The molecule has 3 aliphatic heterocycles. The molecule has 2 bridgehead atoms. The van der Waals surface area contributed by atoms with E-state index in [0.29, 0.717) is 29.1 Å². The molecule has 208 valence electrons. The van der Waals surface area contributed by atoms with Crippen LogP contribution in [0.3, 0.4) is 0 Å². The van der Waals surface area contributed by atoms with E-state index in [-0.39, 0.29) is 40.4 Å². The van der Waals surface area contributed by atoms with Crippen molar-refractivity contribution < 1.29 is 26.3 Å². The summed E-state index contributed by atoms with van der Waals surface area (Å²) in [4.78, 5) is 15.7. The van der Waals surface area contributed by atoms with E-state index >= 15 is 0 Å². The number of anilines is 3. The second kappa shape index (κ2) is 9.98. The summed E-state index contributed by atoms with van der Waals surface area (Å²) in [6.07, 6.45) is -1.10. The van der Waals surface area contributed by atoms with Crippen LogP contribution in [0.2, 0.25) is 0 Å². The van der Waals surface area contributed by atoms with Gasteiger partial charge in [-0.1, -0.05) is 6.92 Å². The third kappa shape index (κ3) is 5.22. The highest BCUT2D eigenvalue weighted by atomic mass is 32.2. The van der Waals surface area contributed by atoms with E-state index in [0.717, 1.165) is 55.0 Å². The molecule has 0 spiro atoms. The van der Waals surface area contributed by atoms with Gasteiger partial charge in [-0.15, -0.1) is 11.3 Å². The fourth-order valence-electron chi connectivity index (χ4n) is 5.33. The van der Waals surface area contributed by atoms with Crippen molar-refractivity contribution in [3.63, 3.8) is 0 Å². The van der Waals surface area contributed by atoms with E-state index < -0.39 is 21.6 Å². The molecule has 39 heavy (non-hydrogen) atoms. The van der Waals surface area contributed by atoms with E-state index in [1.807, 2.05) is 19.1 Å². The number of sulfone groups is 1. The SMILES string of the molecule is CCc1nc(N2CC3CCC(C2)N3)ccc1Nc1ncc(C(F)(F)F)c(-c2cc3c(s2)COCCS3(=O)=O)n1. The molecule has 6 heterocycles. The summed E-state index contributed by atoms with van der Waals surface area (Å²) in [6.45, 7) is 3.78. The van der Waals surface area contributed by atoms with E-state index in [1.54, 1.807) is 0 Å². The molecule has 14 heteroatoms. The zero-order valence-electron chi connectivity index (χ0n) is 21.1. The molecule has 2 unspecified atom stereocenters. The van der Waals surface area contributed by atoms with Gasteiger partial charge in [0.05, 0.1) is 45.8 Å². The van der Waals surface area contributed by atoms with Gasteiger partial charge < -0.3 is 20.3 Å². The summed E-state index contributed by atoms with van der Waals surface area (Å²) in [7, 11) is -3.67. The maximum absolute atomic E-state index is 13.9. The number of alkyl halides is 3. The first-order valence-corrected chi connectivity index (χ1v) is 15.2. The third-order valence-electron chi connectivity index (χ3n) is 7.24. The molecule has 0 saturated carbocycles. The Labute approximate surface area is 227 Å². The Bertz CT molecular complexity index is 1500. The molecule has 9 nitrogen and oxygen atoms in total. The van der Waals surface area contributed by atoms with Crippen LogP contribution in [0, 0.1) is 0 Å². The highest BCUT2D eigenvalue weighted by Crippen LogP contribution is 2.42. The number of halogens is 3. The first-order valence-electron chi connectivity index (χ1n) is 12.8. The van der Waals surface area contributed by atoms with Crippen LogP contribution in [-0.4, -0.2) is 60.9 Å². The van der Waals surface area contributed by atoms with Gasteiger partial charge in [0.25, 0.3) is 0 Å². The predicted octanol–water partition coefficient (Wildman–Crippen LogP) is 4.17. The van der Waals surface area contributed by atoms with Crippen molar-refractivity contribution >= 4 is 38.6 Å². The maximum atomic E-state index is 13.9. The van der Waals surface area contributed by atoms with Crippen molar-refractivity contribution in [1.29, 1.82) is 0 Å². The highest BCUT2D eigenvalue weighted by molar-refractivity contribution is 7.91. The second-order valence-corrected chi connectivity index (χ2v) is 13.1. The minimum absolute atomic E-state index is 0.00402. The largest absolute Gasteiger partial charge is 0.420 e. The topological polar surface area (TPSA) is 109 Å². The number of hydrogen-bond donors (Lipinski definition) is 2. The lowest BCUT2D eigenvalue weighted by Gasteiger charge is -2.34. The van der Waals surface area contributed by atoms with Crippen molar-refractivity contribution in [3.05, 3.63) is 40.5 Å². The van der Waals surface area contributed by atoms with Crippen LogP contribution in [0.4, 0.5) is 30.6 Å². The summed E-state index contributed by atoms with van der Waals surface area (Å²) in [6, 6.07) is 5.93. The average molecular weight is 581 g/mol. The lowest BCUT2D eigenvalue weighted by molar-refractivity contribution is -0.137. The Hall–Kier alpha value is -2.81. The summed E-state index contributed by atoms with van der Waals surface area (Å²) < 4.78 is 72.4. The molecule has 2 atom stereocenters. The number of fused-ring (bicyclic) bond motifs is 3. The zero-order chi connectivity index (χ0) is 27.4. The minimum Gasteiger partial charge on any atom is -0.375 e. The molecular formula is C25H27F3N6O3S2. The van der Waals surface area contributed by atoms with Crippen molar-refractivity contribution in [3.8, 4) is 10.6 Å². The molecule has 2 saturated heterocycles. The van der Waals surface area contributed by atoms with Crippen molar-refractivity contribution in [1.82, 2.24) is 20.3 Å². The predicted molar refractivity (Wildman–Crippen MR) is 141 cm³/mol. The smallest absolute Gasteiger partial charge is 0.375 e. The molecule has 2 N–H and O–H groups in total. The number of nitrogens with zero attached hydrogens (tertiary/aromatic N) is 4. The van der Waals surface area contributed by atoms with Gasteiger partial charge in [-0.05, 0) is 37.5 Å². The molecule has 0 radical (unpaired) electrons. The van der Waals surface area contributed by atoms with Gasteiger partial charge in [0.2, 0.25) is 5.95 Å². The number of aromatic nitrogens is 3. The molecule has 3 aromatic rings. The fraction of sp³-hybridized carbons (Fsp3) is 0.480. The van der Waals surface area contributed by atoms with Gasteiger partial charge in [-0.25, -0.2) is 23.4 Å². The Morgan fingerprint density at radius 1 is 1.21 bits per heavy atom. The van der Waals surface area contributed by atoms with Crippen molar-refractivity contribution in [2.75, 3.05) is 35.7 Å². The summed E-state index contributed by atoms with van der Waals surface area (Å²) >= 11 is 0.935. The maximum Gasteiger partial charge on any atom is 0.420 e. The van der Waals surface area contributed by atoms with Gasteiger partial charge >= 0.3 is 6.18 Å². The van der Waals surface area contributed by atoms with Crippen LogP contribution >= 0.6 is 11.3 Å². The number of rotatable bonds is 5. The van der Waals surface area contributed by atoms with Gasteiger partial charge in [-0.2, -0.15) is 13.2 Å². The first-order chi connectivity index (χ1) is 18.6. The first kappa shape index (κ1) is 26.4. The quantitative estimate of drug-likeness (QED) is 0.460. The lowest BCUT2D eigenvalue weighted by Crippen LogP contribution is -2.51. The average Bonchev–Trinajstić information content (AvgIpc) is 3.45. The molecule has 6 rings (SSSR count). The molecule has 0 aliphatic carbocycles. The van der Waals surface area contributed by atoms with Crippen LogP contribution in [0.15, 0.2) is 29.3 Å². The van der Waals surface area contributed by atoms with Gasteiger partial charge in [-0.3, -0.25) is 0 Å². The molecule has 3 aliphatic rings. The van der Waals surface area contributed by atoms with Gasteiger partial charge in [0, 0.05) is 36.2 Å². The van der Waals surface area contributed by atoms with E-state index in [1.165, 1.54) is 6.07 Å². The number of pyridine rings is 1. The molecule has 2 fully saturated rings. The fourth-order valence-corrected chi connectivity index (χ4v) is 8.16. The van der Waals surface area contributed by atoms with E-state index in [4.69, 9.17) is 9.72 Å². The van der Waals surface area contributed by atoms with Crippen LogP contribution < -0.4 is 15.5 Å². The monoisotopic (exact) mass is 580 g/mol. The summed E-state index contributed by atoms with van der Waals surface area (Å²) in [5.41, 5.74) is -0.0787. The van der Waals surface area contributed by atoms with E-state index in [2.05, 4.69) is 25.5 Å². The summed E-state index contributed by atoms with van der Waals surface area (Å²) in [5.74, 6) is 0.607. The zero-order valence-corrected chi connectivity index (χ0v) is 22.7. The molecule has 0 amide bonds. The third-order valence-corrected chi connectivity index (χ3v) is 10.2. The Kier molecular flexibility index (Phi) is 6.76. The minimum atomic E-state index is -4.73. The van der Waals surface area contributed by atoms with Crippen molar-refractivity contribution in [2.45, 2.75) is 55.9 Å². The Morgan fingerprint density at radius 2 is 1.97 bits per heavy atom. The second-order valence-electron chi connectivity index (χ2n) is 9.91. The number of aryl methyl sites for hydroxylation is 1. The molecule has 3 aromatic heterocycles. The number of piperazine rings is 1. The van der Waals surface area contributed by atoms with Crippen LogP contribution in [0.25, 0.3) is 10.6 Å². The van der Waals surface area contributed by atoms with Crippen LogP contribution in [0.5, 0.6) is 0 Å². The highest BCUT2D eigenvalue weighted by Gasteiger charge is 2.37. The number of thiophene rings is 1. The standard InChI is InChI=1S/C25H27F3N6O3S2/c1-2-17-18(5-6-22(31-17)34-11-14-3-4-15(12-34)30-14)32-24-29-10-16(25(26,27)28)23(33-24)19-9-21-20(38-19)13-37-7-8-39(21,35)36/h5-6,9-10,14-15,30H,2-4,7-8,11-13H2,1H3,(H,29,32,33).